The molecule has 1 saturated carbocycles. The van der Waals surface area contributed by atoms with Crippen LogP contribution in [0.15, 0.2) is 109 Å². The summed E-state index contributed by atoms with van der Waals surface area (Å²) in [6, 6.07) is 31.1. The molecular weight excluding hydrogens is 703 g/mol. The Bertz CT molecular complexity index is 1930. The number of carbonyl (C=O) groups is 1. The summed E-state index contributed by atoms with van der Waals surface area (Å²) in [6.07, 6.45) is 5.46. The number of hydrogen-bond acceptors (Lipinski definition) is 8. The molecule has 0 spiro atoms. The van der Waals surface area contributed by atoms with Gasteiger partial charge in [0.05, 0.1) is 45.2 Å². The van der Waals surface area contributed by atoms with E-state index in [1.54, 1.807) is 14.2 Å². The predicted octanol–water partition coefficient (Wildman–Crippen LogP) is 8.05. The van der Waals surface area contributed by atoms with Crippen molar-refractivity contribution in [1.29, 1.82) is 0 Å². The first-order chi connectivity index (χ1) is 27.0. The molecular formula is C48H59NO7. The Morgan fingerprint density at radius 3 is 2.41 bits per heavy atom. The molecule has 8 nitrogen and oxygen atoms in total. The molecule has 298 valence electrons. The number of aliphatic hydroxyl groups is 3. The molecule has 0 aliphatic heterocycles. The monoisotopic (exact) mass is 761 g/mol. The predicted molar refractivity (Wildman–Crippen MR) is 220 cm³/mol. The van der Waals surface area contributed by atoms with Crippen LogP contribution in [0.1, 0.15) is 96.5 Å². The number of carbonyl (C=O) groups excluding carboxylic acids is 1. The van der Waals surface area contributed by atoms with Crippen LogP contribution >= 0.6 is 0 Å². The molecule has 0 unspecified atom stereocenters. The van der Waals surface area contributed by atoms with Crippen LogP contribution < -0.4 is 9.47 Å². The van der Waals surface area contributed by atoms with E-state index in [0.29, 0.717) is 74.4 Å². The standard InChI is InChI=1S/C48H59NO7/c1-34-12-11-24-47(2)44(42-22-18-36(26-39(50)20-17-34)27-43(42)46(52)37-15-9-6-10-16-37)23-25-48(47,53)33-49(29-38-19-21-41(54-3)28-45(38)55-4)30-40(51)32-56-31-35-13-7-5-8-14-35/h5-10,12-16,18-19,21-22,27-28,39-40,44,50-51,53H,11,17,20,23-26,29-33H2,1-4H3/t39-,40+,44-,47-,48+/m0/s1. The van der Waals surface area contributed by atoms with Gasteiger partial charge in [0.1, 0.15) is 11.5 Å². The van der Waals surface area contributed by atoms with E-state index in [9.17, 15) is 20.1 Å². The van der Waals surface area contributed by atoms with Crippen molar-refractivity contribution in [2.75, 3.05) is 33.9 Å². The van der Waals surface area contributed by atoms with Crippen molar-refractivity contribution >= 4 is 5.78 Å². The summed E-state index contributed by atoms with van der Waals surface area (Å²) in [4.78, 5) is 16.5. The fraction of sp³-hybridized carbons (Fsp3) is 0.438. The van der Waals surface area contributed by atoms with Gasteiger partial charge in [-0.2, -0.15) is 0 Å². The number of ketones is 1. The zero-order chi connectivity index (χ0) is 39.7. The van der Waals surface area contributed by atoms with Gasteiger partial charge in [0.15, 0.2) is 5.78 Å². The van der Waals surface area contributed by atoms with E-state index in [0.717, 1.165) is 35.1 Å². The summed E-state index contributed by atoms with van der Waals surface area (Å²) in [5.41, 5.74) is 4.46. The molecule has 5 atom stereocenters. The maximum absolute atomic E-state index is 14.4. The molecule has 0 aromatic heterocycles. The Morgan fingerprint density at radius 1 is 0.929 bits per heavy atom. The molecule has 0 saturated heterocycles. The second kappa shape index (κ2) is 18.8. The summed E-state index contributed by atoms with van der Waals surface area (Å²) in [5, 5.41) is 35.6. The number of fused-ring (bicyclic) bond motifs is 8. The minimum atomic E-state index is -1.18. The zero-order valence-corrected chi connectivity index (χ0v) is 33.5. The number of ether oxygens (including phenoxy) is 3. The average Bonchev–Trinajstić information content (AvgIpc) is 3.45. The molecule has 4 aromatic carbocycles. The number of allylic oxidation sites excluding steroid dienone is 2. The van der Waals surface area contributed by atoms with Crippen LogP contribution in [0.25, 0.3) is 0 Å². The number of hydrogen-bond donors (Lipinski definition) is 3. The summed E-state index contributed by atoms with van der Waals surface area (Å²) < 4.78 is 17.2. The van der Waals surface area contributed by atoms with E-state index >= 15 is 0 Å². The first-order valence-electron chi connectivity index (χ1n) is 20.0. The number of methoxy groups -OCH3 is 2. The van der Waals surface area contributed by atoms with Crippen LogP contribution in [0.3, 0.4) is 0 Å². The molecule has 56 heavy (non-hydrogen) atoms. The molecule has 0 heterocycles. The third-order valence-corrected chi connectivity index (χ3v) is 12.2. The molecule has 7 rings (SSSR count). The first-order valence-corrected chi connectivity index (χ1v) is 20.0. The highest BCUT2D eigenvalue weighted by molar-refractivity contribution is 6.10. The van der Waals surface area contributed by atoms with Gasteiger partial charge in [-0.25, -0.2) is 0 Å². The molecule has 0 amide bonds. The maximum Gasteiger partial charge on any atom is 0.193 e. The van der Waals surface area contributed by atoms with Gasteiger partial charge in [-0.15, -0.1) is 0 Å². The van der Waals surface area contributed by atoms with Crippen molar-refractivity contribution in [3.05, 3.63) is 142 Å². The van der Waals surface area contributed by atoms with Crippen LogP contribution in [0, 0.1) is 5.41 Å². The van der Waals surface area contributed by atoms with Gasteiger partial charge in [-0.05, 0) is 86.6 Å². The smallest absolute Gasteiger partial charge is 0.193 e. The molecule has 4 aromatic rings. The molecule has 1 fully saturated rings. The third kappa shape index (κ3) is 9.79. The summed E-state index contributed by atoms with van der Waals surface area (Å²) >= 11 is 0. The van der Waals surface area contributed by atoms with Gasteiger partial charge < -0.3 is 29.5 Å². The second-order valence-corrected chi connectivity index (χ2v) is 16.1. The van der Waals surface area contributed by atoms with Gasteiger partial charge in [0.25, 0.3) is 0 Å². The Morgan fingerprint density at radius 2 is 1.68 bits per heavy atom. The minimum Gasteiger partial charge on any atom is -0.497 e. The Kier molecular flexibility index (Phi) is 13.8. The lowest BCUT2D eigenvalue weighted by Crippen LogP contribution is -2.53. The van der Waals surface area contributed by atoms with Crippen molar-refractivity contribution in [3.63, 3.8) is 0 Å². The fourth-order valence-electron chi connectivity index (χ4n) is 8.96. The largest absolute Gasteiger partial charge is 0.497 e. The van der Waals surface area contributed by atoms with Crippen molar-refractivity contribution in [1.82, 2.24) is 4.90 Å². The third-order valence-electron chi connectivity index (χ3n) is 12.2. The van der Waals surface area contributed by atoms with Crippen molar-refractivity contribution in [3.8, 4) is 11.5 Å². The lowest BCUT2D eigenvalue weighted by molar-refractivity contribution is -0.0924. The number of benzene rings is 4. The molecule has 3 N–H and O–H groups in total. The van der Waals surface area contributed by atoms with E-state index in [2.05, 4.69) is 37.0 Å². The normalized spacial score (nSPS) is 23.2. The lowest BCUT2D eigenvalue weighted by atomic mass is 9.64. The van der Waals surface area contributed by atoms with E-state index in [1.807, 2.05) is 84.9 Å². The number of rotatable bonds is 14. The Hall–Kier alpha value is -4.31. The first kappa shape index (κ1) is 41.3. The van der Waals surface area contributed by atoms with Crippen molar-refractivity contribution < 1.29 is 34.3 Å². The van der Waals surface area contributed by atoms with Crippen molar-refractivity contribution in [2.24, 2.45) is 5.41 Å². The molecule has 0 radical (unpaired) electrons. The number of nitrogens with zero attached hydrogens (tertiary/aromatic N) is 1. The van der Waals surface area contributed by atoms with Gasteiger partial charge in [-0.1, -0.05) is 97.4 Å². The summed E-state index contributed by atoms with van der Waals surface area (Å²) in [7, 11) is 3.26. The molecule has 3 aliphatic carbocycles. The van der Waals surface area contributed by atoms with E-state index in [-0.39, 0.29) is 24.9 Å². The topological polar surface area (TPSA) is 109 Å². The molecule has 3 aliphatic rings. The van der Waals surface area contributed by atoms with E-state index < -0.39 is 23.2 Å². The average molecular weight is 762 g/mol. The van der Waals surface area contributed by atoms with Crippen LogP contribution in [-0.4, -0.2) is 77.7 Å². The fourth-order valence-corrected chi connectivity index (χ4v) is 8.96. The van der Waals surface area contributed by atoms with Crippen molar-refractivity contribution in [2.45, 2.75) is 95.7 Å². The quantitative estimate of drug-likeness (QED) is 0.0876. The van der Waals surface area contributed by atoms with Crippen LogP contribution in [0.5, 0.6) is 11.5 Å². The summed E-state index contributed by atoms with van der Waals surface area (Å²) in [5.74, 6) is 1.17. The Labute approximate surface area is 332 Å². The highest BCUT2D eigenvalue weighted by atomic mass is 16.5. The zero-order valence-electron chi connectivity index (χ0n) is 33.5. The minimum absolute atomic E-state index is 0.0515. The molecule has 2 bridgehead atoms. The number of aliphatic hydroxyl groups excluding tert-OH is 2. The van der Waals surface area contributed by atoms with E-state index in [1.165, 1.54) is 5.57 Å². The Balaban J connectivity index is 1.36. The molecule has 8 heteroatoms. The van der Waals surface area contributed by atoms with Gasteiger partial charge in [0, 0.05) is 47.8 Å². The highest BCUT2D eigenvalue weighted by Crippen LogP contribution is 2.59. The second-order valence-electron chi connectivity index (χ2n) is 16.1. The van der Waals surface area contributed by atoms with Crippen LogP contribution in [0.2, 0.25) is 0 Å². The SMILES string of the molecule is COc1ccc(CN(C[C@@H](O)COCc2ccccc2)C[C@]2(O)CC[C@H]3c4ccc(cc4C(=O)c4ccccc4)C[C@@H](O)CCC(C)=CCC[C@@]32C)c(OC)c1. The van der Waals surface area contributed by atoms with Gasteiger partial charge in [0.2, 0.25) is 0 Å². The van der Waals surface area contributed by atoms with Gasteiger partial charge >= 0.3 is 0 Å². The van der Waals surface area contributed by atoms with E-state index in [4.69, 9.17) is 14.2 Å². The van der Waals surface area contributed by atoms with Gasteiger partial charge in [-0.3, -0.25) is 9.69 Å². The highest BCUT2D eigenvalue weighted by Gasteiger charge is 2.57. The summed E-state index contributed by atoms with van der Waals surface area (Å²) in [6.45, 7) is 5.82. The van der Waals surface area contributed by atoms with Crippen LogP contribution in [0.4, 0.5) is 0 Å². The lowest BCUT2D eigenvalue weighted by Gasteiger charge is -2.46. The van der Waals surface area contributed by atoms with Crippen LogP contribution in [-0.2, 0) is 24.3 Å². The maximum atomic E-state index is 14.4.